The molecule has 2 N–H and O–H groups in total. The molecule has 3 heteroatoms. The number of esters is 1. The van der Waals surface area contributed by atoms with Gasteiger partial charge in [-0.1, -0.05) is 44.2 Å². The predicted octanol–water partition coefficient (Wildman–Crippen LogP) is 2.49. The molecule has 0 aliphatic rings. The molecule has 0 saturated carbocycles. The Morgan fingerprint density at radius 2 is 1.88 bits per heavy atom. The molecule has 0 radical (unpaired) electrons. The van der Waals surface area contributed by atoms with Gasteiger partial charge < -0.3 is 10.5 Å². The SMILES string of the molecule is CC(C)CC[C@H](N)C(=O)OCc1ccccc1. The van der Waals surface area contributed by atoms with Crippen LogP contribution in [-0.4, -0.2) is 12.0 Å². The van der Waals surface area contributed by atoms with Crippen molar-refractivity contribution in [3.8, 4) is 0 Å². The fraction of sp³-hybridized carbons (Fsp3) is 0.500. The number of hydrogen-bond acceptors (Lipinski definition) is 3. The van der Waals surface area contributed by atoms with Gasteiger partial charge in [0.1, 0.15) is 12.6 Å². The van der Waals surface area contributed by atoms with Gasteiger partial charge in [-0.25, -0.2) is 0 Å². The van der Waals surface area contributed by atoms with E-state index in [4.69, 9.17) is 10.5 Å². The van der Waals surface area contributed by atoms with Crippen LogP contribution in [0.2, 0.25) is 0 Å². The van der Waals surface area contributed by atoms with Crippen molar-refractivity contribution in [2.45, 2.75) is 39.3 Å². The average molecular weight is 235 g/mol. The van der Waals surface area contributed by atoms with Crippen molar-refractivity contribution < 1.29 is 9.53 Å². The Morgan fingerprint density at radius 1 is 1.24 bits per heavy atom. The van der Waals surface area contributed by atoms with Crippen molar-refractivity contribution in [2.75, 3.05) is 0 Å². The first-order chi connectivity index (χ1) is 8.09. The quantitative estimate of drug-likeness (QED) is 0.771. The molecule has 1 aromatic carbocycles. The molecule has 0 saturated heterocycles. The van der Waals surface area contributed by atoms with Crippen LogP contribution in [0.4, 0.5) is 0 Å². The lowest BCUT2D eigenvalue weighted by Gasteiger charge is -2.12. The Balaban J connectivity index is 2.29. The molecule has 0 fully saturated rings. The maximum Gasteiger partial charge on any atom is 0.323 e. The summed E-state index contributed by atoms with van der Waals surface area (Å²) < 4.78 is 5.16. The molecule has 0 bridgehead atoms. The molecule has 94 valence electrons. The number of nitrogens with two attached hydrogens (primary N) is 1. The molecule has 1 aromatic rings. The maximum atomic E-state index is 11.6. The summed E-state index contributed by atoms with van der Waals surface area (Å²) >= 11 is 0. The number of carbonyl (C=O) groups excluding carboxylic acids is 1. The van der Waals surface area contributed by atoms with Crippen LogP contribution in [0.25, 0.3) is 0 Å². The number of carbonyl (C=O) groups is 1. The molecular weight excluding hydrogens is 214 g/mol. The minimum absolute atomic E-state index is 0.301. The summed E-state index contributed by atoms with van der Waals surface area (Å²) in [5.41, 5.74) is 6.74. The van der Waals surface area contributed by atoms with Gasteiger partial charge in [0, 0.05) is 0 Å². The minimum Gasteiger partial charge on any atom is -0.460 e. The standard InChI is InChI=1S/C14H21NO2/c1-11(2)8-9-13(15)14(16)17-10-12-6-4-3-5-7-12/h3-7,11,13H,8-10,15H2,1-2H3/t13-/m0/s1. The fourth-order valence-corrected chi connectivity index (χ4v) is 1.47. The third-order valence-electron chi connectivity index (χ3n) is 2.58. The summed E-state index contributed by atoms with van der Waals surface area (Å²) in [4.78, 5) is 11.6. The van der Waals surface area contributed by atoms with E-state index in [0.717, 1.165) is 12.0 Å². The van der Waals surface area contributed by atoms with Crippen molar-refractivity contribution in [1.29, 1.82) is 0 Å². The summed E-state index contributed by atoms with van der Waals surface area (Å²) in [5.74, 6) is 0.248. The van der Waals surface area contributed by atoms with E-state index in [0.29, 0.717) is 18.9 Å². The van der Waals surface area contributed by atoms with Crippen molar-refractivity contribution in [3.63, 3.8) is 0 Å². The van der Waals surface area contributed by atoms with Gasteiger partial charge in [0.05, 0.1) is 0 Å². The highest BCUT2D eigenvalue weighted by molar-refractivity contribution is 5.75. The first kappa shape index (κ1) is 13.7. The van der Waals surface area contributed by atoms with Crippen LogP contribution in [0.5, 0.6) is 0 Å². The Kier molecular flexibility index (Phi) is 5.70. The molecule has 17 heavy (non-hydrogen) atoms. The Bertz CT molecular complexity index is 335. The highest BCUT2D eigenvalue weighted by atomic mass is 16.5. The van der Waals surface area contributed by atoms with Crippen molar-refractivity contribution in [2.24, 2.45) is 11.7 Å². The lowest BCUT2D eigenvalue weighted by Crippen LogP contribution is -2.32. The van der Waals surface area contributed by atoms with Gasteiger partial charge in [0.2, 0.25) is 0 Å². The first-order valence-electron chi connectivity index (χ1n) is 6.05. The average Bonchev–Trinajstić information content (AvgIpc) is 2.34. The monoisotopic (exact) mass is 235 g/mol. The maximum absolute atomic E-state index is 11.6. The zero-order valence-electron chi connectivity index (χ0n) is 10.6. The van der Waals surface area contributed by atoms with Crippen LogP contribution in [0.3, 0.4) is 0 Å². The third kappa shape index (κ3) is 5.50. The molecule has 1 rings (SSSR count). The summed E-state index contributed by atoms with van der Waals surface area (Å²) in [7, 11) is 0. The summed E-state index contributed by atoms with van der Waals surface area (Å²) in [6.07, 6.45) is 1.63. The van der Waals surface area contributed by atoms with E-state index in [1.807, 2.05) is 30.3 Å². The van der Waals surface area contributed by atoms with E-state index >= 15 is 0 Å². The molecule has 0 amide bonds. The van der Waals surface area contributed by atoms with Gasteiger partial charge in [0.15, 0.2) is 0 Å². The Hall–Kier alpha value is -1.35. The second-order valence-electron chi connectivity index (χ2n) is 4.67. The Morgan fingerprint density at radius 3 is 2.47 bits per heavy atom. The Labute approximate surface area is 103 Å². The van der Waals surface area contributed by atoms with Crippen molar-refractivity contribution in [1.82, 2.24) is 0 Å². The van der Waals surface area contributed by atoms with E-state index < -0.39 is 6.04 Å². The van der Waals surface area contributed by atoms with Gasteiger partial charge in [-0.15, -0.1) is 0 Å². The third-order valence-corrected chi connectivity index (χ3v) is 2.58. The number of rotatable bonds is 6. The van der Waals surface area contributed by atoms with Crippen molar-refractivity contribution in [3.05, 3.63) is 35.9 Å². The van der Waals surface area contributed by atoms with Crippen molar-refractivity contribution >= 4 is 5.97 Å². The van der Waals surface area contributed by atoms with Crippen LogP contribution in [0, 0.1) is 5.92 Å². The topological polar surface area (TPSA) is 52.3 Å². The zero-order chi connectivity index (χ0) is 12.7. The normalized spacial score (nSPS) is 12.5. The van der Waals surface area contributed by atoms with E-state index in [1.54, 1.807) is 0 Å². The molecule has 0 aromatic heterocycles. The number of benzene rings is 1. The van der Waals surface area contributed by atoms with E-state index in [1.165, 1.54) is 0 Å². The molecule has 3 nitrogen and oxygen atoms in total. The lowest BCUT2D eigenvalue weighted by molar-refractivity contribution is -0.146. The fourth-order valence-electron chi connectivity index (χ4n) is 1.47. The molecule has 1 atom stereocenters. The summed E-state index contributed by atoms with van der Waals surface area (Å²) in [5, 5.41) is 0. The molecule has 0 spiro atoms. The predicted molar refractivity (Wildman–Crippen MR) is 68.3 cm³/mol. The van der Waals surface area contributed by atoms with Crippen LogP contribution in [-0.2, 0) is 16.1 Å². The number of ether oxygens (including phenoxy) is 1. The molecule has 0 unspecified atom stereocenters. The van der Waals surface area contributed by atoms with E-state index in [9.17, 15) is 4.79 Å². The summed E-state index contributed by atoms with van der Waals surface area (Å²) in [6.45, 7) is 4.53. The lowest BCUT2D eigenvalue weighted by atomic mass is 10.0. The van der Waals surface area contributed by atoms with Gasteiger partial charge in [-0.05, 0) is 24.3 Å². The highest BCUT2D eigenvalue weighted by Gasteiger charge is 2.15. The van der Waals surface area contributed by atoms with E-state index in [2.05, 4.69) is 13.8 Å². The second-order valence-corrected chi connectivity index (χ2v) is 4.67. The molecule has 0 heterocycles. The van der Waals surface area contributed by atoms with Gasteiger partial charge in [-0.3, -0.25) is 4.79 Å². The first-order valence-corrected chi connectivity index (χ1v) is 6.05. The van der Waals surface area contributed by atoms with Crippen LogP contribution in [0.15, 0.2) is 30.3 Å². The van der Waals surface area contributed by atoms with Gasteiger partial charge in [-0.2, -0.15) is 0 Å². The molecular formula is C14H21NO2. The minimum atomic E-state index is -0.499. The smallest absolute Gasteiger partial charge is 0.323 e. The molecule has 0 aliphatic heterocycles. The van der Waals surface area contributed by atoms with Gasteiger partial charge in [0.25, 0.3) is 0 Å². The van der Waals surface area contributed by atoms with E-state index in [-0.39, 0.29) is 5.97 Å². The number of hydrogen-bond donors (Lipinski definition) is 1. The zero-order valence-corrected chi connectivity index (χ0v) is 10.6. The molecule has 0 aliphatic carbocycles. The second kappa shape index (κ2) is 7.07. The van der Waals surface area contributed by atoms with Crippen LogP contribution < -0.4 is 5.73 Å². The summed E-state index contributed by atoms with van der Waals surface area (Å²) in [6, 6.07) is 9.12. The van der Waals surface area contributed by atoms with Gasteiger partial charge >= 0.3 is 5.97 Å². The van der Waals surface area contributed by atoms with Crippen LogP contribution >= 0.6 is 0 Å². The highest BCUT2D eigenvalue weighted by Crippen LogP contribution is 2.08. The van der Waals surface area contributed by atoms with Crippen LogP contribution in [0.1, 0.15) is 32.3 Å². The largest absolute Gasteiger partial charge is 0.460 e.